The summed E-state index contributed by atoms with van der Waals surface area (Å²) in [7, 11) is 0. The summed E-state index contributed by atoms with van der Waals surface area (Å²) in [6.45, 7) is 0. The second kappa shape index (κ2) is 5.55. The first-order valence-electron chi connectivity index (χ1n) is 5.33. The third-order valence-electron chi connectivity index (χ3n) is 2.38. The van der Waals surface area contributed by atoms with E-state index in [1.165, 1.54) is 12.4 Å². The number of nitrogens with zero attached hydrogens (tertiary/aromatic N) is 3. The van der Waals surface area contributed by atoms with Crippen molar-refractivity contribution in [2.24, 2.45) is 0 Å². The zero-order valence-corrected chi connectivity index (χ0v) is 9.45. The number of aromatic nitrogens is 2. The Morgan fingerprint density at radius 2 is 2.00 bits per heavy atom. The lowest BCUT2D eigenvalue weighted by molar-refractivity contribution is 0.0944. The van der Waals surface area contributed by atoms with Gasteiger partial charge in [-0.05, 0) is 11.6 Å². The monoisotopic (exact) mass is 238 g/mol. The summed E-state index contributed by atoms with van der Waals surface area (Å²) in [6.07, 6.45) is 2.79. The fourth-order valence-corrected chi connectivity index (χ4v) is 1.48. The number of carbonyl (C=O) groups excluding carboxylic acids is 1. The third kappa shape index (κ3) is 2.68. The van der Waals surface area contributed by atoms with Crippen LogP contribution in [0.3, 0.4) is 0 Å². The zero-order valence-electron chi connectivity index (χ0n) is 9.45. The molecule has 1 N–H and O–H groups in total. The predicted octanol–water partition coefficient (Wildman–Crippen LogP) is 1.47. The van der Waals surface area contributed by atoms with E-state index >= 15 is 0 Å². The van der Waals surface area contributed by atoms with Gasteiger partial charge in [-0.1, -0.05) is 30.3 Å². The van der Waals surface area contributed by atoms with Gasteiger partial charge in [0.25, 0.3) is 5.91 Å². The van der Waals surface area contributed by atoms with Crippen molar-refractivity contribution in [1.29, 1.82) is 5.26 Å². The summed E-state index contributed by atoms with van der Waals surface area (Å²) in [5.41, 5.74) is 1.12. The van der Waals surface area contributed by atoms with Gasteiger partial charge < -0.3 is 5.32 Å². The molecular formula is C13H10N4O. The Kier molecular flexibility index (Phi) is 3.62. The van der Waals surface area contributed by atoms with E-state index in [4.69, 9.17) is 5.26 Å². The molecule has 0 fully saturated rings. The number of benzene rings is 1. The first-order chi connectivity index (χ1) is 8.81. The minimum atomic E-state index is -0.674. The van der Waals surface area contributed by atoms with Gasteiger partial charge in [-0.15, -0.1) is 0 Å². The smallest absolute Gasteiger partial charge is 0.254 e. The fraction of sp³-hybridized carbons (Fsp3) is 0.0769. The van der Waals surface area contributed by atoms with Crippen molar-refractivity contribution >= 4 is 5.91 Å². The third-order valence-corrected chi connectivity index (χ3v) is 2.38. The van der Waals surface area contributed by atoms with Gasteiger partial charge in [0.1, 0.15) is 6.04 Å². The van der Waals surface area contributed by atoms with E-state index in [-0.39, 0.29) is 5.91 Å². The van der Waals surface area contributed by atoms with E-state index in [0.29, 0.717) is 5.56 Å². The van der Waals surface area contributed by atoms with E-state index in [2.05, 4.69) is 21.6 Å². The Bertz CT molecular complexity index is 563. The number of nitrogens with one attached hydrogen (secondary N) is 1. The SMILES string of the molecule is N#CC(NC(=O)c1ccnnc1)c1ccccc1. The van der Waals surface area contributed by atoms with Gasteiger partial charge in [0.2, 0.25) is 0 Å². The molecule has 88 valence electrons. The first kappa shape index (κ1) is 11.7. The molecular weight excluding hydrogens is 228 g/mol. The van der Waals surface area contributed by atoms with Crippen molar-refractivity contribution < 1.29 is 4.79 Å². The van der Waals surface area contributed by atoms with Crippen LogP contribution in [0.2, 0.25) is 0 Å². The maximum absolute atomic E-state index is 11.9. The van der Waals surface area contributed by atoms with E-state index in [1.54, 1.807) is 18.2 Å². The second-order valence-electron chi connectivity index (χ2n) is 3.58. The molecule has 1 aromatic heterocycles. The number of hydrogen-bond donors (Lipinski definition) is 1. The molecule has 5 nitrogen and oxygen atoms in total. The minimum absolute atomic E-state index is 0.347. The standard InChI is InChI=1S/C13H10N4O/c14-8-12(10-4-2-1-3-5-10)17-13(18)11-6-7-15-16-9-11/h1-7,9,12H,(H,17,18). The zero-order chi connectivity index (χ0) is 12.8. The molecule has 1 amide bonds. The normalized spacial score (nSPS) is 11.3. The Hall–Kier alpha value is -2.74. The molecule has 0 saturated heterocycles. The summed E-state index contributed by atoms with van der Waals surface area (Å²) < 4.78 is 0. The molecule has 1 heterocycles. The Morgan fingerprint density at radius 1 is 1.22 bits per heavy atom. The van der Waals surface area contributed by atoms with E-state index in [9.17, 15) is 4.79 Å². The van der Waals surface area contributed by atoms with Crippen LogP contribution in [0.25, 0.3) is 0 Å². The minimum Gasteiger partial charge on any atom is -0.332 e. The van der Waals surface area contributed by atoms with Gasteiger partial charge in [-0.25, -0.2) is 0 Å². The van der Waals surface area contributed by atoms with Crippen LogP contribution in [-0.4, -0.2) is 16.1 Å². The molecule has 2 aromatic rings. The summed E-state index contributed by atoms with van der Waals surface area (Å²) in [6, 6.07) is 12.0. The highest BCUT2D eigenvalue weighted by Crippen LogP contribution is 2.11. The average molecular weight is 238 g/mol. The van der Waals surface area contributed by atoms with Crippen LogP contribution >= 0.6 is 0 Å². The molecule has 0 aliphatic rings. The van der Waals surface area contributed by atoms with E-state index in [1.807, 2.05) is 18.2 Å². The Labute approximate surface area is 104 Å². The van der Waals surface area contributed by atoms with Crippen molar-refractivity contribution in [3.63, 3.8) is 0 Å². The largest absolute Gasteiger partial charge is 0.332 e. The fourth-order valence-electron chi connectivity index (χ4n) is 1.48. The van der Waals surface area contributed by atoms with Gasteiger partial charge in [0, 0.05) is 0 Å². The maximum atomic E-state index is 11.9. The van der Waals surface area contributed by atoms with Gasteiger partial charge in [0.15, 0.2) is 0 Å². The van der Waals surface area contributed by atoms with Gasteiger partial charge in [-0.2, -0.15) is 15.5 Å². The number of carbonyl (C=O) groups is 1. The van der Waals surface area contributed by atoms with Crippen LogP contribution in [0.4, 0.5) is 0 Å². The molecule has 2 rings (SSSR count). The van der Waals surface area contributed by atoms with Crippen LogP contribution in [0, 0.1) is 11.3 Å². The van der Waals surface area contributed by atoms with Crippen LogP contribution in [0.15, 0.2) is 48.8 Å². The molecule has 0 radical (unpaired) electrons. The summed E-state index contributed by atoms with van der Waals surface area (Å²) in [5.74, 6) is -0.347. The average Bonchev–Trinajstić information content (AvgIpc) is 2.46. The van der Waals surface area contributed by atoms with E-state index in [0.717, 1.165) is 5.56 Å². The van der Waals surface area contributed by atoms with Crippen LogP contribution in [0.1, 0.15) is 22.0 Å². The molecule has 5 heteroatoms. The number of amides is 1. The van der Waals surface area contributed by atoms with Gasteiger partial charge in [-0.3, -0.25) is 4.79 Å². The summed E-state index contributed by atoms with van der Waals surface area (Å²) >= 11 is 0. The molecule has 1 unspecified atom stereocenters. The topological polar surface area (TPSA) is 78.7 Å². The molecule has 18 heavy (non-hydrogen) atoms. The Balaban J connectivity index is 2.14. The van der Waals surface area contributed by atoms with Crippen molar-refractivity contribution in [1.82, 2.24) is 15.5 Å². The van der Waals surface area contributed by atoms with Crippen molar-refractivity contribution in [2.45, 2.75) is 6.04 Å². The lowest BCUT2D eigenvalue weighted by atomic mass is 10.1. The molecule has 0 spiro atoms. The first-order valence-corrected chi connectivity index (χ1v) is 5.33. The highest BCUT2D eigenvalue weighted by atomic mass is 16.1. The van der Waals surface area contributed by atoms with Crippen LogP contribution in [0.5, 0.6) is 0 Å². The summed E-state index contributed by atoms with van der Waals surface area (Å²) in [5, 5.41) is 18.9. The molecule has 0 aliphatic heterocycles. The molecule has 1 atom stereocenters. The molecule has 0 aliphatic carbocycles. The number of nitriles is 1. The van der Waals surface area contributed by atoms with Crippen molar-refractivity contribution in [2.75, 3.05) is 0 Å². The maximum Gasteiger partial charge on any atom is 0.254 e. The van der Waals surface area contributed by atoms with Crippen LogP contribution < -0.4 is 5.32 Å². The van der Waals surface area contributed by atoms with Crippen LogP contribution in [-0.2, 0) is 0 Å². The quantitative estimate of drug-likeness (QED) is 0.878. The number of hydrogen-bond acceptors (Lipinski definition) is 4. The van der Waals surface area contributed by atoms with Crippen molar-refractivity contribution in [3.8, 4) is 6.07 Å². The van der Waals surface area contributed by atoms with Gasteiger partial charge in [0.05, 0.1) is 24.0 Å². The van der Waals surface area contributed by atoms with Gasteiger partial charge >= 0.3 is 0 Å². The highest BCUT2D eigenvalue weighted by molar-refractivity contribution is 5.94. The number of rotatable bonds is 3. The lowest BCUT2D eigenvalue weighted by Gasteiger charge is -2.11. The lowest BCUT2D eigenvalue weighted by Crippen LogP contribution is -2.27. The molecule has 1 aromatic carbocycles. The second-order valence-corrected chi connectivity index (χ2v) is 3.58. The Morgan fingerprint density at radius 3 is 2.61 bits per heavy atom. The summed E-state index contributed by atoms with van der Waals surface area (Å²) in [4.78, 5) is 11.9. The predicted molar refractivity (Wildman–Crippen MR) is 64.3 cm³/mol. The molecule has 0 saturated carbocycles. The van der Waals surface area contributed by atoms with Crippen molar-refractivity contribution in [3.05, 3.63) is 59.9 Å². The highest BCUT2D eigenvalue weighted by Gasteiger charge is 2.14. The van der Waals surface area contributed by atoms with E-state index < -0.39 is 6.04 Å². The molecule has 0 bridgehead atoms.